The highest BCUT2D eigenvalue weighted by Gasteiger charge is 2.44. The van der Waals surface area contributed by atoms with Gasteiger partial charge in [-0.25, -0.2) is 0 Å². The molecular formula is C39H75NO9. The molecule has 0 aromatic heterocycles. The topological polar surface area (TPSA) is 169 Å². The van der Waals surface area contributed by atoms with Crippen molar-refractivity contribution in [3.63, 3.8) is 0 Å². The van der Waals surface area contributed by atoms with E-state index in [1.807, 2.05) is 6.08 Å². The predicted molar refractivity (Wildman–Crippen MR) is 195 cm³/mol. The lowest BCUT2D eigenvalue weighted by Gasteiger charge is -2.40. The van der Waals surface area contributed by atoms with Crippen molar-refractivity contribution in [2.24, 2.45) is 0 Å². The molecule has 49 heavy (non-hydrogen) atoms. The van der Waals surface area contributed by atoms with Gasteiger partial charge in [0.05, 0.1) is 25.4 Å². The van der Waals surface area contributed by atoms with Crippen molar-refractivity contribution in [3.8, 4) is 0 Å². The van der Waals surface area contributed by atoms with Gasteiger partial charge in [0.25, 0.3) is 0 Å². The zero-order valence-corrected chi connectivity index (χ0v) is 31.1. The van der Waals surface area contributed by atoms with Crippen LogP contribution in [0.2, 0.25) is 0 Å². The van der Waals surface area contributed by atoms with Crippen LogP contribution in [0.5, 0.6) is 0 Å². The van der Waals surface area contributed by atoms with E-state index in [9.17, 15) is 35.4 Å². The lowest BCUT2D eigenvalue weighted by molar-refractivity contribution is -0.302. The molecule has 7 N–H and O–H groups in total. The molecule has 10 nitrogen and oxygen atoms in total. The molecule has 0 saturated carbocycles. The second kappa shape index (κ2) is 30.5. The van der Waals surface area contributed by atoms with Gasteiger partial charge >= 0.3 is 0 Å². The quantitative estimate of drug-likeness (QED) is 0.0330. The smallest absolute Gasteiger partial charge is 0.249 e. The molecule has 8 unspecified atom stereocenters. The van der Waals surface area contributed by atoms with Crippen LogP contribution in [0.1, 0.15) is 168 Å². The monoisotopic (exact) mass is 702 g/mol. The zero-order valence-electron chi connectivity index (χ0n) is 31.1. The van der Waals surface area contributed by atoms with Gasteiger partial charge in [-0.1, -0.05) is 148 Å². The predicted octanol–water partition coefficient (Wildman–Crippen LogP) is 5.97. The summed E-state index contributed by atoms with van der Waals surface area (Å²) in [6.45, 7) is 3.58. The number of carbonyl (C=O) groups is 1. The summed E-state index contributed by atoms with van der Waals surface area (Å²) in [4.78, 5) is 12.9. The molecule has 1 aliphatic heterocycles. The molecule has 1 aliphatic rings. The Bertz CT molecular complexity index is 798. The SMILES string of the molecule is CCCCCC/C=C\CCC(O)C(=O)NC(COC1OC(CO)C(O)C(O)C1O)C(O)CCCCCCCCCCCCCCCCCC. The molecule has 1 amide bonds. The van der Waals surface area contributed by atoms with E-state index < -0.39 is 61.5 Å². The van der Waals surface area contributed by atoms with Gasteiger partial charge in [0, 0.05) is 0 Å². The highest BCUT2D eigenvalue weighted by Crippen LogP contribution is 2.23. The minimum absolute atomic E-state index is 0.243. The van der Waals surface area contributed by atoms with Crippen molar-refractivity contribution in [1.82, 2.24) is 5.32 Å². The Hall–Kier alpha value is -1.11. The molecule has 1 saturated heterocycles. The fourth-order valence-electron chi connectivity index (χ4n) is 6.34. The average Bonchev–Trinajstić information content (AvgIpc) is 3.10. The van der Waals surface area contributed by atoms with Crippen molar-refractivity contribution in [2.75, 3.05) is 13.2 Å². The average molecular weight is 702 g/mol. The summed E-state index contributed by atoms with van der Waals surface area (Å²) < 4.78 is 11.1. The first-order valence-electron chi connectivity index (χ1n) is 20.0. The summed E-state index contributed by atoms with van der Waals surface area (Å²) >= 11 is 0. The summed E-state index contributed by atoms with van der Waals surface area (Å²) in [5, 5.41) is 64.3. The number of allylic oxidation sites excluding steroid dienone is 2. The van der Waals surface area contributed by atoms with E-state index in [4.69, 9.17) is 9.47 Å². The van der Waals surface area contributed by atoms with E-state index in [-0.39, 0.29) is 13.0 Å². The van der Waals surface area contributed by atoms with Crippen molar-refractivity contribution >= 4 is 5.91 Å². The van der Waals surface area contributed by atoms with Crippen LogP contribution >= 0.6 is 0 Å². The minimum Gasteiger partial charge on any atom is -0.394 e. The molecule has 1 fully saturated rings. The van der Waals surface area contributed by atoms with E-state index in [1.165, 1.54) is 96.3 Å². The van der Waals surface area contributed by atoms with Crippen LogP contribution in [0.4, 0.5) is 0 Å². The molecular weight excluding hydrogens is 626 g/mol. The molecule has 0 radical (unpaired) electrons. The maximum Gasteiger partial charge on any atom is 0.249 e. The van der Waals surface area contributed by atoms with Crippen molar-refractivity contribution in [1.29, 1.82) is 0 Å². The van der Waals surface area contributed by atoms with Crippen LogP contribution in [0.15, 0.2) is 12.2 Å². The molecule has 10 heteroatoms. The van der Waals surface area contributed by atoms with Crippen molar-refractivity contribution < 1.29 is 44.9 Å². The molecule has 8 atom stereocenters. The van der Waals surface area contributed by atoms with Gasteiger partial charge in [-0.3, -0.25) is 4.79 Å². The first-order chi connectivity index (χ1) is 23.8. The van der Waals surface area contributed by atoms with Crippen LogP contribution in [-0.4, -0.2) is 98.7 Å². The molecule has 290 valence electrons. The van der Waals surface area contributed by atoms with Crippen molar-refractivity contribution in [3.05, 3.63) is 12.2 Å². The second-order valence-corrected chi connectivity index (χ2v) is 14.2. The van der Waals surface area contributed by atoms with E-state index in [0.717, 1.165) is 38.5 Å². The van der Waals surface area contributed by atoms with Gasteiger partial charge in [0.15, 0.2) is 6.29 Å². The summed E-state index contributed by atoms with van der Waals surface area (Å²) in [5.41, 5.74) is 0. The van der Waals surface area contributed by atoms with Gasteiger partial charge in [-0.05, 0) is 32.1 Å². The number of aliphatic hydroxyl groups is 6. The van der Waals surface area contributed by atoms with E-state index in [2.05, 4.69) is 25.2 Å². The maximum atomic E-state index is 12.9. The number of hydrogen-bond donors (Lipinski definition) is 7. The molecule has 0 spiro atoms. The van der Waals surface area contributed by atoms with Gasteiger partial charge in [-0.2, -0.15) is 0 Å². The molecule has 0 aliphatic carbocycles. The molecule has 0 aromatic carbocycles. The highest BCUT2D eigenvalue weighted by atomic mass is 16.7. The van der Waals surface area contributed by atoms with Crippen LogP contribution in [0.3, 0.4) is 0 Å². The third kappa shape index (κ3) is 21.8. The Morgan fingerprint density at radius 3 is 1.69 bits per heavy atom. The third-order valence-corrected chi connectivity index (χ3v) is 9.73. The van der Waals surface area contributed by atoms with Gasteiger partial charge in [-0.15, -0.1) is 0 Å². The number of aliphatic hydroxyl groups excluding tert-OH is 6. The number of amides is 1. The highest BCUT2D eigenvalue weighted by molar-refractivity contribution is 5.80. The Morgan fingerprint density at radius 1 is 0.673 bits per heavy atom. The number of rotatable bonds is 32. The van der Waals surface area contributed by atoms with Crippen LogP contribution < -0.4 is 5.32 Å². The first kappa shape index (κ1) is 45.9. The summed E-state index contributed by atoms with van der Waals surface area (Å²) in [6, 6.07) is -0.903. The largest absolute Gasteiger partial charge is 0.394 e. The van der Waals surface area contributed by atoms with Crippen LogP contribution in [0, 0.1) is 0 Å². The zero-order chi connectivity index (χ0) is 36.1. The van der Waals surface area contributed by atoms with E-state index in [1.54, 1.807) is 0 Å². The van der Waals surface area contributed by atoms with Gasteiger partial charge in [0.2, 0.25) is 5.91 Å². The lowest BCUT2D eigenvalue weighted by Crippen LogP contribution is -2.60. The lowest BCUT2D eigenvalue weighted by atomic mass is 9.99. The van der Waals surface area contributed by atoms with Crippen LogP contribution in [-0.2, 0) is 14.3 Å². The second-order valence-electron chi connectivity index (χ2n) is 14.2. The molecule has 0 aromatic rings. The first-order valence-corrected chi connectivity index (χ1v) is 20.0. The van der Waals surface area contributed by atoms with Gasteiger partial charge in [0.1, 0.15) is 30.5 Å². The number of unbranched alkanes of at least 4 members (excludes halogenated alkanes) is 19. The Morgan fingerprint density at radius 2 is 1.16 bits per heavy atom. The summed E-state index contributed by atoms with van der Waals surface area (Å²) in [7, 11) is 0. The number of hydrogen-bond acceptors (Lipinski definition) is 9. The summed E-state index contributed by atoms with van der Waals surface area (Å²) in [5.74, 6) is -0.621. The van der Waals surface area contributed by atoms with Crippen LogP contribution in [0.25, 0.3) is 0 Å². The standard InChI is InChI=1S/C39H75NO9/c1-3-5-7-9-11-13-14-15-16-17-18-19-20-22-23-25-27-32(42)31(30-48-39-37(46)36(45)35(44)34(29-41)49-39)40-38(47)33(43)28-26-24-21-12-10-8-6-4-2/h21,24,31-37,39,41-46H,3-20,22-23,25-30H2,1-2H3,(H,40,47)/b24-21-. The Kier molecular flexibility index (Phi) is 28.6. The minimum atomic E-state index is -1.60. The number of carbonyl (C=O) groups excluding carboxylic acids is 1. The molecule has 0 bridgehead atoms. The number of nitrogens with one attached hydrogen (secondary N) is 1. The van der Waals surface area contributed by atoms with Gasteiger partial charge < -0.3 is 45.4 Å². The fraction of sp³-hybridized carbons (Fsp3) is 0.923. The molecule has 1 heterocycles. The number of ether oxygens (including phenoxy) is 2. The molecule has 1 rings (SSSR count). The Labute approximate surface area is 298 Å². The Balaban J connectivity index is 2.45. The third-order valence-electron chi connectivity index (χ3n) is 9.73. The fourth-order valence-corrected chi connectivity index (χ4v) is 6.34. The van der Waals surface area contributed by atoms with E-state index >= 15 is 0 Å². The van der Waals surface area contributed by atoms with Crippen molar-refractivity contribution in [2.45, 2.75) is 217 Å². The normalized spacial score (nSPS) is 23.1. The maximum absolute atomic E-state index is 12.9. The van der Waals surface area contributed by atoms with E-state index in [0.29, 0.717) is 12.8 Å². The summed E-state index contributed by atoms with van der Waals surface area (Å²) in [6.07, 6.45) is 21.5.